The van der Waals surface area contributed by atoms with E-state index in [9.17, 15) is 4.79 Å². The average molecular weight is 336 g/mol. The van der Waals surface area contributed by atoms with Gasteiger partial charge in [-0.05, 0) is 55.1 Å². The van der Waals surface area contributed by atoms with Crippen molar-refractivity contribution in [3.63, 3.8) is 0 Å². The molecule has 2 aromatic rings. The van der Waals surface area contributed by atoms with Gasteiger partial charge in [0.2, 0.25) is 0 Å². The standard InChI is InChI=1S/C17H18ClNO2S/c1-3-16(21-14-9-7-12(18)8-10-14)17(20)19-13-5-4-6-15(11-13)22-2/h4-11,16H,3H2,1-2H3,(H,19,20)/t16-/m0/s1. The lowest BCUT2D eigenvalue weighted by Crippen LogP contribution is -2.32. The van der Waals surface area contributed by atoms with Gasteiger partial charge in [-0.3, -0.25) is 4.79 Å². The molecule has 3 nitrogen and oxygen atoms in total. The highest BCUT2D eigenvalue weighted by atomic mass is 35.5. The number of ether oxygens (including phenoxy) is 1. The fraction of sp³-hybridized carbons (Fsp3) is 0.235. The minimum Gasteiger partial charge on any atom is -0.481 e. The minimum atomic E-state index is -0.542. The number of hydrogen-bond donors (Lipinski definition) is 1. The summed E-state index contributed by atoms with van der Waals surface area (Å²) >= 11 is 7.48. The lowest BCUT2D eigenvalue weighted by Gasteiger charge is -2.17. The van der Waals surface area contributed by atoms with Crippen LogP contribution < -0.4 is 10.1 Å². The minimum absolute atomic E-state index is 0.157. The van der Waals surface area contributed by atoms with Crippen LogP contribution in [0.5, 0.6) is 5.75 Å². The van der Waals surface area contributed by atoms with Gasteiger partial charge in [-0.15, -0.1) is 11.8 Å². The van der Waals surface area contributed by atoms with Crippen LogP contribution in [0.15, 0.2) is 53.4 Å². The SMILES string of the molecule is CC[C@H](Oc1ccc(Cl)cc1)C(=O)Nc1cccc(SC)c1. The van der Waals surface area contributed by atoms with Crippen molar-refractivity contribution >= 4 is 35.0 Å². The van der Waals surface area contributed by atoms with Gasteiger partial charge in [-0.25, -0.2) is 0 Å². The van der Waals surface area contributed by atoms with Crippen LogP contribution in [0.2, 0.25) is 5.02 Å². The van der Waals surface area contributed by atoms with Gasteiger partial charge < -0.3 is 10.1 Å². The molecule has 116 valence electrons. The molecule has 0 aliphatic heterocycles. The summed E-state index contributed by atoms with van der Waals surface area (Å²) in [7, 11) is 0. The van der Waals surface area contributed by atoms with Gasteiger partial charge in [0.05, 0.1) is 0 Å². The molecule has 0 aliphatic rings. The van der Waals surface area contributed by atoms with Gasteiger partial charge in [0.15, 0.2) is 6.10 Å². The van der Waals surface area contributed by atoms with Gasteiger partial charge in [-0.1, -0.05) is 24.6 Å². The zero-order chi connectivity index (χ0) is 15.9. The predicted octanol–water partition coefficient (Wildman–Crippen LogP) is 4.86. The van der Waals surface area contributed by atoms with Crippen LogP contribution in [0.25, 0.3) is 0 Å². The van der Waals surface area contributed by atoms with Crippen molar-refractivity contribution in [2.75, 3.05) is 11.6 Å². The predicted molar refractivity (Wildman–Crippen MR) is 93.0 cm³/mol. The summed E-state index contributed by atoms with van der Waals surface area (Å²) in [6.45, 7) is 1.92. The van der Waals surface area contributed by atoms with E-state index in [0.717, 1.165) is 10.6 Å². The van der Waals surface area contributed by atoms with E-state index in [1.54, 1.807) is 36.0 Å². The maximum atomic E-state index is 12.3. The fourth-order valence-corrected chi connectivity index (χ4v) is 2.51. The zero-order valence-corrected chi connectivity index (χ0v) is 14.1. The number of nitrogens with one attached hydrogen (secondary N) is 1. The third-order valence-corrected chi connectivity index (χ3v) is 4.07. The molecule has 0 saturated carbocycles. The van der Waals surface area contributed by atoms with Crippen LogP contribution in [0.1, 0.15) is 13.3 Å². The van der Waals surface area contributed by atoms with E-state index in [1.165, 1.54) is 0 Å². The molecule has 1 amide bonds. The number of halogens is 1. The molecule has 0 spiro atoms. The smallest absolute Gasteiger partial charge is 0.265 e. The lowest BCUT2D eigenvalue weighted by molar-refractivity contribution is -0.122. The quantitative estimate of drug-likeness (QED) is 0.766. The van der Waals surface area contributed by atoms with Gasteiger partial charge in [0.1, 0.15) is 5.75 Å². The van der Waals surface area contributed by atoms with E-state index in [2.05, 4.69) is 5.32 Å². The Morgan fingerprint density at radius 2 is 2.00 bits per heavy atom. The number of carbonyl (C=O) groups is 1. The Kier molecular flexibility index (Phi) is 6.16. The molecule has 0 aromatic heterocycles. The lowest BCUT2D eigenvalue weighted by atomic mass is 10.2. The number of carbonyl (C=O) groups excluding carboxylic acids is 1. The molecule has 0 bridgehead atoms. The van der Waals surface area contributed by atoms with E-state index < -0.39 is 6.10 Å². The van der Waals surface area contributed by atoms with Crippen molar-refractivity contribution in [2.45, 2.75) is 24.3 Å². The van der Waals surface area contributed by atoms with Crippen LogP contribution in [0.3, 0.4) is 0 Å². The molecule has 0 fully saturated rings. The van der Waals surface area contributed by atoms with Crippen molar-refractivity contribution in [1.82, 2.24) is 0 Å². The molecule has 2 rings (SSSR count). The Hall–Kier alpha value is -1.65. The third-order valence-electron chi connectivity index (χ3n) is 3.09. The summed E-state index contributed by atoms with van der Waals surface area (Å²) in [5.74, 6) is 0.472. The van der Waals surface area contributed by atoms with Crippen LogP contribution in [-0.2, 0) is 4.79 Å². The largest absolute Gasteiger partial charge is 0.481 e. The van der Waals surface area contributed by atoms with E-state index in [1.807, 2.05) is 37.4 Å². The van der Waals surface area contributed by atoms with Crippen LogP contribution in [0.4, 0.5) is 5.69 Å². The summed E-state index contributed by atoms with van der Waals surface area (Å²) in [6, 6.07) is 14.7. The van der Waals surface area contributed by atoms with Crippen molar-refractivity contribution in [3.8, 4) is 5.75 Å². The monoisotopic (exact) mass is 335 g/mol. The van der Waals surface area contributed by atoms with Crippen LogP contribution >= 0.6 is 23.4 Å². The molecule has 0 radical (unpaired) electrons. The molecule has 0 unspecified atom stereocenters. The van der Waals surface area contributed by atoms with E-state index in [-0.39, 0.29) is 5.91 Å². The topological polar surface area (TPSA) is 38.3 Å². The zero-order valence-electron chi connectivity index (χ0n) is 12.5. The molecular weight excluding hydrogens is 318 g/mol. The van der Waals surface area contributed by atoms with Crippen molar-refractivity contribution < 1.29 is 9.53 Å². The summed E-state index contributed by atoms with van der Waals surface area (Å²) in [4.78, 5) is 13.4. The highest BCUT2D eigenvalue weighted by Crippen LogP contribution is 2.21. The number of benzene rings is 2. The van der Waals surface area contributed by atoms with Gasteiger partial charge in [0.25, 0.3) is 5.91 Å². The highest BCUT2D eigenvalue weighted by molar-refractivity contribution is 7.98. The number of rotatable bonds is 6. The van der Waals surface area contributed by atoms with E-state index >= 15 is 0 Å². The molecular formula is C17H18ClNO2S. The third kappa shape index (κ3) is 4.68. The van der Waals surface area contributed by atoms with Crippen molar-refractivity contribution in [2.24, 2.45) is 0 Å². The molecule has 22 heavy (non-hydrogen) atoms. The second kappa shape index (κ2) is 8.11. The highest BCUT2D eigenvalue weighted by Gasteiger charge is 2.18. The Bertz CT molecular complexity index is 631. The van der Waals surface area contributed by atoms with Crippen molar-refractivity contribution in [1.29, 1.82) is 0 Å². The molecule has 0 aliphatic carbocycles. The first kappa shape index (κ1) is 16.7. The molecule has 0 saturated heterocycles. The maximum Gasteiger partial charge on any atom is 0.265 e. The molecule has 1 N–H and O–H groups in total. The summed E-state index contributed by atoms with van der Waals surface area (Å²) < 4.78 is 5.73. The summed E-state index contributed by atoms with van der Waals surface area (Å²) in [5.41, 5.74) is 0.773. The van der Waals surface area contributed by atoms with Gasteiger partial charge >= 0.3 is 0 Å². The van der Waals surface area contributed by atoms with E-state index in [0.29, 0.717) is 17.2 Å². The number of thioether (sulfide) groups is 1. The number of hydrogen-bond acceptors (Lipinski definition) is 3. The maximum absolute atomic E-state index is 12.3. The molecule has 5 heteroatoms. The number of amides is 1. The molecule has 2 aromatic carbocycles. The second-order valence-electron chi connectivity index (χ2n) is 4.69. The van der Waals surface area contributed by atoms with Gasteiger partial charge in [-0.2, -0.15) is 0 Å². The Balaban J connectivity index is 2.03. The average Bonchev–Trinajstić information content (AvgIpc) is 2.54. The normalized spacial score (nSPS) is 11.8. The number of anilines is 1. The second-order valence-corrected chi connectivity index (χ2v) is 6.01. The summed E-state index contributed by atoms with van der Waals surface area (Å²) in [6.07, 6.45) is 2.04. The Morgan fingerprint density at radius 1 is 1.27 bits per heavy atom. The van der Waals surface area contributed by atoms with E-state index in [4.69, 9.17) is 16.3 Å². The fourth-order valence-electron chi connectivity index (χ4n) is 1.92. The van der Waals surface area contributed by atoms with Crippen LogP contribution in [0, 0.1) is 0 Å². The van der Waals surface area contributed by atoms with Crippen LogP contribution in [-0.4, -0.2) is 18.3 Å². The first-order valence-corrected chi connectivity index (χ1v) is 8.59. The Labute approximate surface area is 140 Å². The first-order valence-electron chi connectivity index (χ1n) is 6.99. The summed E-state index contributed by atoms with van der Waals surface area (Å²) in [5, 5.41) is 3.53. The first-order chi connectivity index (χ1) is 10.6. The Morgan fingerprint density at radius 3 is 2.64 bits per heavy atom. The molecule has 0 heterocycles. The van der Waals surface area contributed by atoms with Crippen molar-refractivity contribution in [3.05, 3.63) is 53.6 Å². The van der Waals surface area contributed by atoms with Gasteiger partial charge in [0, 0.05) is 15.6 Å². The molecule has 1 atom stereocenters.